The number of esters is 1. The molecule has 3 saturated heterocycles. The van der Waals surface area contributed by atoms with Crippen molar-refractivity contribution in [2.75, 3.05) is 19.8 Å². The van der Waals surface area contributed by atoms with E-state index in [9.17, 15) is 19.5 Å². The first-order valence-corrected chi connectivity index (χ1v) is 17.7. The van der Waals surface area contributed by atoms with Crippen molar-refractivity contribution < 1.29 is 33.8 Å². The van der Waals surface area contributed by atoms with Crippen LogP contribution in [0.15, 0.2) is 55.6 Å². The van der Waals surface area contributed by atoms with Gasteiger partial charge >= 0.3 is 5.97 Å². The number of nitrogens with one attached hydrogen (secondary N) is 1. The Hall–Kier alpha value is -3.50. The number of hydrogen-bond donors (Lipinski definition) is 2. The third kappa shape index (κ3) is 7.80. The highest BCUT2D eigenvalue weighted by Gasteiger charge is 2.75. The summed E-state index contributed by atoms with van der Waals surface area (Å²) < 4.78 is 12.3. The molecule has 1 aromatic rings. The summed E-state index contributed by atoms with van der Waals surface area (Å²) in [5, 5.41) is 13.7. The third-order valence-electron chi connectivity index (χ3n) is 10.3. The molecule has 1 spiro atoms. The first-order chi connectivity index (χ1) is 23.0. The summed E-state index contributed by atoms with van der Waals surface area (Å²) in [6, 6.07) is 6.90. The number of aliphatic hydroxyl groups excluding tert-OH is 1. The second-order valence-corrected chi connectivity index (χ2v) is 16.1. The summed E-state index contributed by atoms with van der Waals surface area (Å²) >= 11 is 0. The summed E-state index contributed by atoms with van der Waals surface area (Å²) in [7, 11) is 0. The SMILES string of the molecule is C=CCCC(=O)OC[C@H](NC(=O)[C@@H]1[C@H]2C(=O)N([C@@H](CO)C(C)C)[C@H](C(=O)N(CC=C)C(C)(C)CC(C)(C)C)[C@]23CC[C@H]1O3)c1ccccc1. The molecular formula is C39H57N3O7. The Kier molecular flexibility index (Phi) is 11.9. The van der Waals surface area contributed by atoms with Crippen molar-refractivity contribution in [1.29, 1.82) is 0 Å². The van der Waals surface area contributed by atoms with Crippen molar-refractivity contribution in [3.05, 3.63) is 61.2 Å². The molecule has 10 nitrogen and oxygen atoms in total. The molecule has 0 saturated carbocycles. The van der Waals surface area contributed by atoms with Gasteiger partial charge in [-0.3, -0.25) is 19.2 Å². The molecule has 3 aliphatic rings. The van der Waals surface area contributed by atoms with Gasteiger partial charge in [0, 0.05) is 18.5 Å². The van der Waals surface area contributed by atoms with Crippen LogP contribution in [0.25, 0.3) is 0 Å². The molecule has 0 aromatic heterocycles. The van der Waals surface area contributed by atoms with Crippen molar-refractivity contribution in [2.24, 2.45) is 23.2 Å². The summed E-state index contributed by atoms with van der Waals surface area (Å²) in [5.74, 6) is -3.37. The van der Waals surface area contributed by atoms with E-state index in [4.69, 9.17) is 9.47 Å². The van der Waals surface area contributed by atoms with E-state index in [1.165, 1.54) is 0 Å². The predicted octanol–water partition coefficient (Wildman–Crippen LogP) is 4.97. The van der Waals surface area contributed by atoms with Crippen LogP contribution in [0.4, 0.5) is 0 Å². The third-order valence-corrected chi connectivity index (χ3v) is 10.3. The lowest BCUT2D eigenvalue weighted by Crippen LogP contribution is -2.63. The quantitative estimate of drug-likeness (QED) is 0.187. The average Bonchev–Trinajstić information content (AvgIpc) is 3.67. The Morgan fingerprint density at radius 2 is 1.82 bits per heavy atom. The molecule has 0 radical (unpaired) electrons. The highest BCUT2D eigenvalue weighted by Crippen LogP contribution is 2.59. The Morgan fingerprint density at radius 1 is 1.14 bits per heavy atom. The first kappa shape index (κ1) is 38.3. The number of nitrogens with zero attached hydrogens (tertiary/aromatic N) is 2. The number of carbonyl (C=O) groups is 4. The van der Waals surface area contributed by atoms with Gasteiger partial charge in [-0.15, -0.1) is 13.2 Å². The zero-order chi connectivity index (χ0) is 36.3. The molecule has 49 heavy (non-hydrogen) atoms. The number of rotatable bonds is 16. The van der Waals surface area contributed by atoms with Gasteiger partial charge in [0.1, 0.15) is 18.2 Å². The van der Waals surface area contributed by atoms with Gasteiger partial charge in [0.15, 0.2) is 0 Å². The summed E-state index contributed by atoms with van der Waals surface area (Å²) in [5.41, 5.74) is -1.18. The maximum atomic E-state index is 15.0. The minimum absolute atomic E-state index is 0.0831. The molecule has 3 amide bonds. The fourth-order valence-electron chi connectivity index (χ4n) is 8.60. The van der Waals surface area contributed by atoms with E-state index in [1.807, 2.05) is 58.0 Å². The fourth-order valence-corrected chi connectivity index (χ4v) is 8.60. The van der Waals surface area contributed by atoms with Crippen LogP contribution >= 0.6 is 0 Å². The van der Waals surface area contributed by atoms with Crippen LogP contribution in [0.5, 0.6) is 0 Å². The van der Waals surface area contributed by atoms with Crippen LogP contribution in [0.1, 0.15) is 92.2 Å². The van der Waals surface area contributed by atoms with Gasteiger partial charge in [-0.05, 0) is 56.4 Å². The molecule has 3 aliphatic heterocycles. The summed E-state index contributed by atoms with van der Waals surface area (Å²) in [4.78, 5) is 59.8. The molecule has 270 valence electrons. The lowest BCUT2D eigenvalue weighted by Gasteiger charge is -2.46. The number of amides is 3. The van der Waals surface area contributed by atoms with Gasteiger partial charge in [-0.2, -0.15) is 0 Å². The molecule has 10 heteroatoms. The molecule has 1 aromatic carbocycles. The molecule has 7 atom stereocenters. The standard InChI is InChI=1S/C39H57N3O7/c1-10-12-18-30(44)48-23-27(26-16-14-13-15-17-26)40-34(45)31-29-19-20-39(49-29)32(31)35(46)42(28(22-43)25(3)4)33(39)36(47)41(21-11-2)38(8,9)24-37(5,6)7/h10-11,13-17,25,27-29,31-33,43H,1-2,12,18-24H2,3-9H3,(H,40,45)/t27-,28-,29+,31-,32-,33+,39-/m0/s1. The summed E-state index contributed by atoms with van der Waals surface area (Å²) in [6.45, 7) is 21.7. The zero-order valence-corrected chi connectivity index (χ0v) is 30.4. The van der Waals surface area contributed by atoms with Crippen LogP contribution in [-0.2, 0) is 28.7 Å². The molecule has 2 bridgehead atoms. The van der Waals surface area contributed by atoms with E-state index >= 15 is 4.79 Å². The van der Waals surface area contributed by atoms with E-state index in [1.54, 1.807) is 22.0 Å². The lowest BCUT2D eigenvalue weighted by molar-refractivity contribution is -0.156. The minimum Gasteiger partial charge on any atom is -0.463 e. The second-order valence-electron chi connectivity index (χ2n) is 16.1. The van der Waals surface area contributed by atoms with Crippen molar-refractivity contribution in [3.8, 4) is 0 Å². The number of benzene rings is 1. The van der Waals surface area contributed by atoms with Gasteiger partial charge in [0.2, 0.25) is 17.7 Å². The molecule has 0 unspecified atom stereocenters. The number of aliphatic hydroxyl groups is 1. The van der Waals surface area contributed by atoms with Gasteiger partial charge in [0.05, 0.1) is 36.6 Å². The number of hydrogen-bond acceptors (Lipinski definition) is 7. The van der Waals surface area contributed by atoms with E-state index < -0.39 is 59.1 Å². The maximum absolute atomic E-state index is 15.0. The lowest BCUT2D eigenvalue weighted by atomic mass is 9.70. The smallest absolute Gasteiger partial charge is 0.306 e. The predicted molar refractivity (Wildman–Crippen MR) is 188 cm³/mol. The highest BCUT2D eigenvalue weighted by atomic mass is 16.5. The number of likely N-dealkylation sites (tertiary alicyclic amines) is 1. The normalized spacial score (nSPS) is 25.9. The van der Waals surface area contributed by atoms with Crippen molar-refractivity contribution in [2.45, 2.75) is 116 Å². The van der Waals surface area contributed by atoms with Gasteiger partial charge in [-0.1, -0.05) is 77.1 Å². The van der Waals surface area contributed by atoms with E-state index in [0.29, 0.717) is 25.7 Å². The maximum Gasteiger partial charge on any atom is 0.306 e. The Bertz CT molecular complexity index is 1390. The molecule has 3 heterocycles. The van der Waals surface area contributed by atoms with E-state index in [-0.39, 0.29) is 49.3 Å². The van der Waals surface area contributed by atoms with Crippen molar-refractivity contribution in [1.82, 2.24) is 15.1 Å². The number of carbonyl (C=O) groups excluding carboxylic acids is 4. The van der Waals surface area contributed by atoms with Gasteiger partial charge in [-0.25, -0.2) is 0 Å². The van der Waals surface area contributed by atoms with Crippen LogP contribution in [0.2, 0.25) is 0 Å². The van der Waals surface area contributed by atoms with Crippen LogP contribution in [-0.4, -0.2) is 87.7 Å². The minimum atomic E-state index is -1.24. The highest BCUT2D eigenvalue weighted by molar-refractivity contribution is 5.99. The van der Waals surface area contributed by atoms with Crippen LogP contribution in [0, 0.1) is 23.2 Å². The zero-order valence-electron chi connectivity index (χ0n) is 30.4. The molecule has 2 N–H and O–H groups in total. The monoisotopic (exact) mass is 679 g/mol. The first-order valence-electron chi connectivity index (χ1n) is 17.7. The molecule has 4 rings (SSSR count). The van der Waals surface area contributed by atoms with E-state index in [2.05, 4.69) is 39.2 Å². The largest absolute Gasteiger partial charge is 0.463 e. The fraction of sp³-hybridized carbons (Fsp3) is 0.641. The molecule has 3 fully saturated rings. The summed E-state index contributed by atoms with van der Waals surface area (Å²) in [6.07, 6.45) is 5.06. The second kappa shape index (κ2) is 15.2. The van der Waals surface area contributed by atoms with Crippen molar-refractivity contribution in [3.63, 3.8) is 0 Å². The average molecular weight is 680 g/mol. The van der Waals surface area contributed by atoms with Crippen LogP contribution in [0.3, 0.4) is 0 Å². The van der Waals surface area contributed by atoms with Gasteiger partial charge in [0.25, 0.3) is 0 Å². The van der Waals surface area contributed by atoms with Gasteiger partial charge < -0.3 is 29.7 Å². The topological polar surface area (TPSA) is 125 Å². The van der Waals surface area contributed by atoms with E-state index in [0.717, 1.165) is 5.56 Å². The number of ether oxygens (including phenoxy) is 2. The van der Waals surface area contributed by atoms with Crippen LogP contribution < -0.4 is 5.32 Å². The van der Waals surface area contributed by atoms with Crippen molar-refractivity contribution >= 4 is 23.7 Å². The molecule has 0 aliphatic carbocycles. The molecular weight excluding hydrogens is 622 g/mol. The Labute approximate surface area is 292 Å². The Morgan fingerprint density at radius 3 is 2.39 bits per heavy atom. The number of fused-ring (bicyclic) bond motifs is 1. The number of allylic oxidation sites excluding steroid dienone is 1. The Balaban J connectivity index is 1.72.